The Morgan fingerprint density at radius 1 is 1.12 bits per heavy atom. The molecule has 6 nitrogen and oxygen atoms in total. The standard InChI is InChI=1S/C24H28F3N3O3S/c1-14-3-2-4-23(29-14)34(32,33)8-7-24(31)30-17-5-6-18(30)10-16(9-17)22(28)12-15-11-20(26)21(27)13-19(15)25/h2-4,11,13,16-18,22H,5-10,12,28H2,1H3/t16-,17-,18+,22-/m1/s1. The molecule has 2 N–H and O–H groups in total. The van der Waals surface area contributed by atoms with Crippen LogP contribution in [0.4, 0.5) is 13.2 Å². The normalized spacial score (nSPS) is 23.2. The van der Waals surface area contributed by atoms with Gasteiger partial charge in [0.1, 0.15) is 5.82 Å². The van der Waals surface area contributed by atoms with Crippen LogP contribution in [-0.2, 0) is 21.1 Å². The number of nitrogens with zero attached hydrogens (tertiary/aromatic N) is 2. The molecule has 2 saturated heterocycles. The first-order valence-corrected chi connectivity index (χ1v) is 13.1. The molecule has 0 saturated carbocycles. The highest BCUT2D eigenvalue weighted by Crippen LogP contribution is 2.40. The lowest BCUT2D eigenvalue weighted by molar-refractivity contribution is -0.136. The number of carbonyl (C=O) groups excluding carboxylic acids is 1. The first-order chi connectivity index (χ1) is 16.0. The molecule has 1 aromatic carbocycles. The van der Waals surface area contributed by atoms with Crippen molar-refractivity contribution >= 4 is 15.7 Å². The Kier molecular flexibility index (Phi) is 7.00. The van der Waals surface area contributed by atoms with Gasteiger partial charge in [0.15, 0.2) is 26.5 Å². The molecule has 2 fully saturated rings. The highest BCUT2D eigenvalue weighted by atomic mass is 32.2. The maximum atomic E-state index is 14.0. The van der Waals surface area contributed by atoms with Crippen molar-refractivity contribution in [3.8, 4) is 0 Å². The van der Waals surface area contributed by atoms with Gasteiger partial charge in [0, 0.05) is 36.3 Å². The van der Waals surface area contributed by atoms with Crippen LogP contribution >= 0.6 is 0 Å². The Balaban J connectivity index is 1.37. The topological polar surface area (TPSA) is 93.4 Å². The van der Waals surface area contributed by atoms with Crippen molar-refractivity contribution in [1.82, 2.24) is 9.88 Å². The summed E-state index contributed by atoms with van der Waals surface area (Å²) >= 11 is 0. The third kappa shape index (κ3) is 5.12. The van der Waals surface area contributed by atoms with E-state index < -0.39 is 33.3 Å². The minimum absolute atomic E-state index is 0.00529. The predicted octanol–water partition coefficient (Wildman–Crippen LogP) is 3.31. The molecular formula is C24H28F3N3O3S. The number of benzene rings is 1. The predicted molar refractivity (Wildman–Crippen MR) is 120 cm³/mol. The number of halogens is 3. The van der Waals surface area contributed by atoms with Crippen LogP contribution in [0.25, 0.3) is 0 Å². The monoisotopic (exact) mass is 495 g/mol. The molecule has 1 amide bonds. The van der Waals surface area contributed by atoms with E-state index in [1.165, 1.54) is 6.07 Å². The van der Waals surface area contributed by atoms with Gasteiger partial charge in [-0.25, -0.2) is 26.6 Å². The molecule has 34 heavy (non-hydrogen) atoms. The van der Waals surface area contributed by atoms with Crippen LogP contribution in [0.3, 0.4) is 0 Å². The Bertz CT molecular complexity index is 1180. The van der Waals surface area contributed by atoms with Gasteiger partial charge >= 0.3 is 0 Å². The van der Waals surface area contributed by atoms with Crippen LogP contribution in [-0.4, -0.2) is 48.1 Å². The molecule has 2 aliphatic rings. The van der Waals surface area contributed by atoms with Gasteiger partial charge in [-0.3, -0.25) is 4.79 Å². The summed E-state index contributed by atoms with van der Waals surface area (Å²) in [6, 6.07) is 5.56. The molecule has 0 aliphatic carbocycles. The number of hydrogen-bond acceptors (Lipinski definition) is 5. The summed E-state index contributed by atoms with van der Waals surface area (Å²) in [5, 5.41) is -0.0302. The third-order valence-corrected chi connectivity index (χ3v) is 8.58. The smallest absolute Gasteiger partial charge is 0.224 e. The second kappa shape index (κ2) is 9.65. The lowest BCUT2D eigenvalue weighted by Gasteiger charge is -2.41. The Morgan fingerprint density at radius 2 is 1.76 bits per heavy atom. The molecule has 0 radical (unpaired) electrons. The van der Waals surface area contributed by atoms with Gasteiger partial charge in [-0.2, -0.15) is 0 Å². The molecule has 3 heterocycles. The van der Waals surface area contributed by atoms with Gasteiger partial charge in [0.25, 0.3) is 0 Å². The van der Waals surface area contributed by atoms with Crippen LogP contribution in [0.2, 0.25) is 0 Å². The maximum Gasteiger partial charge on any atom is 0.224 e. The Morgan fingerprint density at radius 3 is 2.41 bits per heavy atom. The number of sulfone groups is 1. The van der Waals surface area contributed by atoms with E-state index in [2.05, 4.69) is 4.98 Å². The van der Waals surface area contributed by atoms with Crippen LogP contribution < -0.4 is 5.73 Å². The summed E-state index contributed by atoms with van der Waals surface area (Å²) in [5.74, 6) is -3.69. The number of rotatable bonds is 7. The van der Waals surface area contributed by atoms with Crippen molar-refractivity contribution in [3.63, 3.8) is 0 Å². The molecule has 2 aliphatic heterocycles. The zero-order chi connectivity index (χ0) is 24.6. The summed E-state index contributed by atoms with van der Waals surface area (Å²) in [6.45, 7) is 1.71. The summed E-state index contributed by atoms with van der Waals surface area (Å²) in [4.78, 5) is 18.8. The molecule has 184 valence electrons. The molecule has 0 spiro atoms. The van der Waals surface area contributed by atoms with Crippen molar-refractivity contribution in [2.45, 2.75) is 68.6 Å². The van der Waals surface area contributed by atoms with Crippen LogP contribution in [0, 0.1) is 30.3 Å². The second-order valence-corrected chi connectivity index (χ2v) is 11.4. The number of pyridine rings is 1. The lowest BCUT2D eigenvalue weighted by Crippen LogP contribution is -2.50. The van der Waals surface area contributed by atoms with Crippen molar-refractivity contribution in [2.75, 3.05) is 5.75 Å². The van der Waals surface area contributed by atoms with Gasteiger partial charge < -0.3 is 10.6 Å². The first-order valence-electron chi connectivity index (χ1n) is 11.4. The maximum absolute atomic E-state index is 14.0. The van der Waals surface area contributed by atoms with E-state index in [1.54, 1.807) is 24.0 Å². The Hall–Kier alpha value is -2.46. The minimum atomic E-state index is -3.67. The molecule has 2 bridgehead atoms. The fraction of sp³-hybridized carbons (Fsp3) is 0.500. The average Bonchev–Trinajstić information content (AvgIpc) is 3.05. The Labute approximate surface area is 197 Å². The number of aryl methyl sites for hydroxylation is 1. The lowest BCUT2D eigenvalue weighted by atomic mass is 9.82. The van der Waals surface area contributed by atoms with Gasteiger partial charge in [0.2, 0.25) is 5.91 Å². The fourth-order valence-corrected chi connectivity index (χ4v) is 6.48. The van der Waals surface area contributed by atoms with E-state index in [9.17, 15) is 26.4 Å². The number of nitrogens with two attached hydrogens (primary N) is 1. The molecule has 2 aromatic rings. The number of fused-ring (bicyclic) bond motifs is 2. The van der Waals surface area contributed by atoms with Crippen LogP contribution in [0.1, 0.15) is 43.4 Å². The van der Waals surface area contributed by atoms with Crippen molar-refractivity contribution in [1.29, 1.82) is 0 Å². The fourth-order valence-electron chi connectivity index (χ4n) is 5.26. The van der Waals surface area contributed by atoms with Crippen LogP contribution in [0.5, 0.6) is 0 Å². The number of piperidine rings is 1. The van der Waals surface area contributed by atoms with Gasteiger partial charge in [0.05, 0.1) is 5.75 Å². The third-order valence-electron chi connectivity index (χ3n) is 6.97. The van der Waals surface area contributed by atoms with E-state index in [0.29, 0.717) is 24.6 Å². The SMILES string of the molecule is Cc1cccc(S(=O)(=O)CCC(=O)N2[C@@H]3CC[C@H]2C[C@H]([C@H](N)Cc2cc(F)c(F)cc2F)C3)n1. The van der Waals surface area contributed by atoms with Crippen molar-refractivity contribution in [2.24, 2.45) is 11.7 Å². The van der Waals surface area contributed by atoms with E-state index >= 15 is 0 Å². The number of carbonyl (C=O) groups is 1. The molecule has 1 aromatic heterocycles. The summed E-state index contributed by atoms with van der Waals surface area (Å²) in [5.41, 5.74) is 6.96. The van der Waals surface area contributed by atoms with Gasteiger partial charge in [-0.05, 0) is 68.7 Å². The number of aromatic nitrogens is 1. The highest BCUT2D eigenvalue weighted by molar-refractivity contribution is 7.91. The average molecular weight is 496 g/mol. The molecule has 10 heteroatoms. The molecule has 4 rings (SSSR count). The first kappa shape index (κ1) is 24.7. The highest BCUT2D eigenvalue weighted by Gasteiger charge is 2.44. The molecule has 4 atom stereocenters. The summed E-state index contributed by atoms with van der Waals surface area (Å²) in [6.07, 6.45) is 2.77. The number of amides is 1. The van der Waals surface area contributed by atoms with Gasteiger partial charge in [-0.15, -0.1) is 0 Å². The molecule has 0 unspecified atom stereocenters. The van der Waals surface area contributed by atoms with Crippen molar-refractivity contribution < 1.29 is 26.4 Å². The molecular weight excluding hydrogens is 467 g/mol. The second-order valence-electron chi connectivity index (χ2n) is 9.33. The van der Waals surface area contributed by atoms with Crippen LogP contribution in [0.15, 0.2) is 35.4 Å². The van der Waals surface area contributed by atoms with Gasteiger partial charge in [-0.1, -0.05) is 6.07 Å². The summed E-state index contributed by atoms with van der Waals surface area (Å²) in [7, 11) is -3.67. The van der Waals surface area contributed by atoms with E-state index in [4.69, 9.17) is 5.73 Å². The van der Waals surface area contributed by atoms with E-state index in [0.717, 1.165) is 18.9 Å². The van der Waals surface area contributed by atoms with Crippen molar-refractivity contribution in [3.05, 3.63) is 59.0 Å². The minimum Gasteiger partial charge on any atom is -0.337 e. The van der Waals surface area contributed by atoms with E-state index in [1.807, 2.05) is 0 Å². The van der Waals surface area contributed by atoms with E-state index in [-0.39, 0.29) is 53.1 Å². The summed E-state index contributed by atoms with van der Waals surface area (Å²) < 4.78 is 66.0. The zero-order valence-corrected chi connectivity index (χ0v) is 19.7. The number of hydrogen-bond donors (Lipinski definition) is 1. The zero-order valence-electron chi connectivity index (χ0n) is 18.9. The quantitative estimate of drug-likeness (QED) is 0.595. The largest absolute Gasteiger partial charge is 0.337 e.